The Kier molecular flexibility index (Phi) is 13.4. The van der Waals surface area contributed by atoms with Gasteiger partial charge in [-0.15, -0.1) is 23.1 Å². The summed E-state index contributed by atoms with van der Waals surface area (Å²) in [5, 5.41) is 13.0. The van der Waals surface area contributed by atoms with Crippen molar-refractivity contribution in [2.24, 2.45) is 10.6 Å². The summed E-state index contributed by atoms with van der Waals surface area (Å²) in [6, 6.07) is 58.6. The van der Waals surface area contributed by atoms with Gasteiger partial charge in [-0.1, -0.05) is 210 Å². The van der Waals surface area contributed by atoms with Gasteiger partial charge in [-0.2, -0.15) is 0 Å². The van der Waals surface area contributed by atoms with Crippen LogP contribution in [0.3, 0.4) is 0 Å². The van der Waals surface area contributed by atoms with Gasteiger partial charge in [0.1, 0.15) is 34.7 Å². The Morgan fingerprint density at radius 1 is 0.769 bits per heavy atom. The van der Waals surface area contributed by atoms with Crippen molar-refractivity contribution in [3.8, 4) is 0 Å². The molecule has 2 aliphatic heterocycles. The molecule has 6 aromatic carbocycles. The molecular weight excluding hydrogens is 966 g/mol. The van der Waals surface area contributed by atoms with Gasteiger partial charge < -0.3 is 25.1 Å². The van der Waals surface area contributed by atoms with Crippen LogP contribution >= 0.6 is 45.7 Å². The van der Waals surface area contributed by atoms with Crippen molar-refractivity contribution in [1.29, 1.82) is 0 Å². The number of anilines is 1. The number of oxime groups is 1. The maximum absolute atomic E-state index is 14.4. The average molecular weight is 1010 g/mol. The summed E-state index contributed by atoms with van der Waals surface area (Å²) in [7, 11) is 0. The number of amides is 2. The van der Waals surface area contributed by atoms with Gasteiger partial charge in [0.15, 0.2) is 16.9 Å². The number of halogens is 1. The maximum atomic E-state index is 14.4. The number of benzene rings is 6. The van der Waals surface area contributed by atoms with Crippen LogP contribution in [-0.2, 0) is 36.1 Å². The van der Waals surface area contributed by atoms with Crippen LogP contribution in [0.5, 0.6) is 0 Å². The number of hydrogen-bond acceptors (Lipinski definition) is 10. The van der Waals surface area contributed by atoms with Crippen LogP contribution in [0.4, 0.5) is 5.13 Å². The number of fused-ring (bicyclic) bond motifs is 1. The van der Waals surface area contributed by atoms with Crippen LogP contribution in [0.2, 0.25) is 0 Å². The van der Waals surface area contributed by atoms with E-state index >= 15 is 0 Å². The predicted octanol–water partition coefficient (Wildman–Crippen LogP) is 9.62. The van der Waals surface area contributed by atoms with Crippen molar-refractivity contribution in [3.63, 3.8) is 0 Å². The van der Waals surface area contributed by atoms with Gasteiger partial charge >= 0.3 is 5.97 Å². The lowest BCUT2D eigenvalue weighted by Crippen LogP contribution is -2.74. The first-order valence-corrected chi connectivity index (χ1v) is 24.6. The molecule has 13 heteroatoms. The average Bonchev–Trinajstić information content (AvgIpc) is 3.84. The lowest BCUT2D eigenvalue weighted by molar-refractivity contribution is -0.163. The second-order valence-electron chi connectivity index (χ2n) is 15.8. The molecule has 3 atom stereocenters. The summed E-state index contributed by atoms with van der Waals surface area (Å²) in [5.74, 6) is -0.860. The Labute approximate surface area is 399 Å². The quantitative estimate of drug-likeness (QED) is 0.0187. The van der Waals surface area contributed by atoms with E-state index in [0.29, 0.717) is 15.3 Å². The lowest BCUT2D eigenvalue weighted by atomic mass is 9.77. The van der Waals surface area contributed by atoms with Gasteiger partial charge in [0.05, 0.1) is 0 Å². The number of nitrogens with zero attached hydrogens (tertiary/aromatic N) is 3. The zero-order valence-corrected chi connectivity index (χ0v) is 38.8. The Morgan fingerprint density at radius 2 is 1.28 bits per heavy atom. The highest BCUT2D eigenvalue weighted by Crippen LogP contribution is 2.45. The van der Waals surface area contributed by atoms with Gasteiger partial charge in [0.2, 0.25) is 5.91 Å². The van der Waals surface area contributed by atoms with Gasteiger partial charge in [-0.3, -0.25) is 14.4 Å². The maximum Gasteiger partial charge on any atom is 0.316 e. The summed E-state index contributed by atoms with van der Waals surface area (Å²) in [5.41, 5.74) is 3.98. The van der Waals surface area contributed by atoms with Gasteiger partial charge in [-0.05, 0) is 33.4 Å². The minimum atomic E-state index is -0.954. The monoisotopic (exact) mass is 1010 g/mol. The van der Waals surface area contributed by atoms with Gasteiger partial charge in [0.25, 0.3) is 5.91 Å². The number of thiazole rings is 1. The van der Waals surface area contributed by atoms with Gasteiger partial charge in [-0.25, -0.2) is 4.98 Å². The highest BCUT2D eigenvalue weighted by Gasteiger charge is 2.58. The van der Waals surface area contributed by atoms with Crippen molar-refractivity contribution < 1.29 is 24.0 Å². The smallest absolute Gasteiger partial charge is 0.316 e. The van der Waals surface area contributed by atoms with Crippen molar-refractivity contribution in [1.82, 2.24) is 15.2 Å². The number of thioether (sulfide) groups is 1. The second kappa shape index (κ2) is 19.8. The molecule has 0 bridgehead atoms. The second-order valence-corrected chi connectivity index (χ2v) is 18.6. The molecule has 0 aliphatic carbocycles. The van der Waals surface area contributed by atoms with Crippen LogP contribution in [0.1, 0.15) is 45.2 Å². The summed E-state index contributed by atoms with van der Waals surface area (Å²) in [6.07, 6.45) is -0.610. The molecule has 0 radical (unpaired) electrons. The van der Waals surface area contributed by atoms with E-state index in [1.807, 2.05) is 146 Å². The fourth-order valence-corrected chi connectivity index (χ4v) is 11.7. The number of aromatic nitrogens is 1. The van der Waals surface area contributed by atoms with E-state index in [1.54, 1.807) is 10.3 Å². The third-order valence-electron chi connectivity index (χ3n) is 11.7. The standard InChI is InChI=1S/C52H44IN5O5S2/c53-33-51(49(61)63-45(37-21-9-2-10-22-37)38-23-11-3-12-24-38)34-58-47(60)44(48(58)65-35-51)55-46(59)43(57-62-31-36-19-7-1-8-20-36)42-32-64-50(54-42)56-52(39-25-13-4-14-26-39,40-27-15-5-16-28-40)41-29-17-6-18-30-41/h1-30,32,44-45,48H,31,33-35H2,(H,54,56)(H,55,59)/t44?,48-,51?/m1/s1. The molecule has 2 saturated heterocycles. The molecule has 2 aliphatic rings. The Balaban J connectivity index is 0.960. The van der Waals surface area contributed by atoms with Crippen LogP contribution in [0, 0.1) is 5.41 Å². The number of hydrogen-bond donors (Lipinski definition) is 2. The van der Waals surface area contributed by atoms with Crippen molar-refractivity contribution >= 4 is 74.3 Å². The van der Waals surface area contributed by atoms with E-state index in [2.05, 4.69) is 74.8 Å². The number of esters is 1. The number of rotatable bonds is 16. The van der Waals surface area contributed by atoms with E-state index in [0.717, 1.165) is 33.4 Å². The molecule has 3 heterocycles. The highest BCUT2D eigenvalue weighted by atomic mass is 127. The SMILES string of the molecule is O=C(NC1C(=O)N2CC(CI)(C(=O)OC(c3ccccc3)c3ccccc3)CS[C@H]12)C(=NOCc1ccccc1)c1csc(NC(c2ccccc2)(c2ccccc2)c2ccccc2)n1. The summed E-state index contributed by atoms with van der Waals surface area (Å²) < 4.78 is 6.78. The number of β-lactam (4-membered cyclic amide) rings is 1. The van der Waals surface area contributed by atoms with E-state index in [1.165, 1.54) is 23.1 Å². The molecule has 2 N–H and O–H groups in total. The molecule has 7 aromatic rings. The molecule has 2 amide bonds. The van der Waals surface area contributed by atoms with Crippen LogP contribution < -0.4 is 10.6 Å². The Bertz CT molecular complexity index is 2620. The van der Waals surface area contributed by atoms with Crippen LogP contribution in [0.25, 0.3) is 0 Å². The molecule has 2 unspecified atom stereocenters. The zero-order chi connectivity index (χ0) is 44.6. The summed E-state index contributed by atoms with van der Waals surface area (Å²) in [4.78, 5) is 55.1. The normalized spacial score (nSPS) is 18.3. The van der Waals surface area contributed by atoms with E-state index < -0.39 is 34.4 Å². The van der Waals surface area contributed by atoms with Crippen molar-refractivity contribution in [2.75, 3.05) is 22.0 Å². The third-order valence-corrected chi connectivity index (χ3v) is 15.5. The van der Waals surface area contributed by atoms with Crippen molar-refractivity contribution in [2.45, 2.75) is 29.7 Å². The van der Waals surface area contributed by atoms with Gasteiger partial charge in [0, 0.05) is 22.1 Å². The molecule has 1 aromatic heterocycles. The number of carbonyl (C=O) groups is 3. The van der Waals surface area contributed by atoms with Crippen LogP contribution in [-0.4, -0.2) is 61.5 Å². The molecule has 0 saturated carbocycles. The third kappa shape index (κ3) is 9.18. The molecule has 10 nitrogen and oxygen atoms in total. The number of carbonyl (C=O) groups excluding carboxylic acids is 3. The Hall–Kier alpha value is -6.29. The van der Waals surface area contributed by atoms with E-state index in [-0.39, 0.29) is 36.4 Å². The lowest BCUT2D eigenvalue weighted by Gasteiger charge is -2.53. The zero-order valence-electron chi connectivity index (χ0n) is 35.0. The number of alkyl halides is 1. The van der Waals surface area contributed by atoms with E-state index in [4.69, 9.17) is 14.6 Å². The molecule has 326 valence electrons. The minimum Gasteiger partial charge on any atom is -0.452 e. The first-order valence-electron chi connectivity index (χ1n) is 21.1. The minimum absolute atomic E-state index is 0.0694. The molecule has 65 heavy (non-hydrogen) atoms. The molecule has 9 rings (SSSR count). The predicted molar refractivity (Wildman–Crippen MR) is 265 cm³/mol. The Morgan fingerprint density at radius 3 is 1.80 bits per heavy atom. The first kappa shape index (κ1) is 43.9. The van der Waals surface area contributed by atoms with Crippen molar-refractivity contribution in [3.05, 3.63) is 226 Å². The fraction of sp³-hybridized carbons (Fsp3) is 0.173. The molecule has 0 spiro atoms. The van der Waals surface area contributed by atoms with Crippen LogP contribution in [0.15, 0.2) is 193 Å². The summed E-state index contributed by atoms with van der Waals surface area (Å²) >= 11 is 5.01. The summed E-state index contributed by atoms with van der Waals surface area (Å²) in [6.45, 7) is 0.284. The number of ether oxygens (including phenoxy) is 1. The van der Waals surface area contributed by atoms with E-state index in [9.17, 15) is 14.4 Å². The first-order chi connectivity index (χ1) is 31.9. The highest BCUT2D eigenvalue weighted by molar-refractivity contribution is 14.1. The number of nitrogens with one attached hydrogen (secondary N) is 2. The largest absolute Gasteiger partial charge is 0.452 e. The molecule has 2 fully saturated rings. The molecular formula is C52H44IN5O5S2. The fourth-order valence-electron chi connectivity index (χ4n) is 8.24. The topological polar surface area (TPSA) is 122 Å².